The highest BCUT2D eigenvalue weighted by molar-refractivity contribution is 5.53. The maximum absolute atomic E-state index is 5.40. The fraction of sp³-hybridized carbons (Fsp3) is 0.368. The summed E-state index contributed by atoms with van der Waals surface area (Å²) in [5.41, 5.74) is 3.73. The number of rotatable bonds is 8. The highest BCUT2D eigenvalue weighted by atomic mass is 16.5. The van der Waals surface area contributed by atoms with Crippen LogP contribution in [0.4, 0.5) is 5.69 Å². The SMILES string of the molecule is CCCc1ccc([NH2+]Cc2cc(OC)c(OC)c(OC)c2)cc1. The molecular formula is C19H26NO3+. The van der Waals surface area contributed by atoms with E-state index >= 15 is 0 Å². The number of aryl methyl sites for hydroxylation is 1. The van der Waals surface area contributed by atoms with E-state index in [1.165, 1.54) is 17.7 Å². The fourth-order valence-electron chi connectivity index (χ4n) is 2.60. The van der Waals surface area contributed by atoms with Crippen molar-refractivity contribution in [3.63, 3.8) is 0 Å². The summed E-state index contributed by atoms with van der Waals surface area (Å²) in [5.74, 6) is 2.00. The molecule has 0 fully saturated rings. The van der Waals surface area contributed by atoms with Gasteiger partial charge in [-0.3, -0.25) is 0 Å². The first-order valence-electron chi connectivity index (χ1n) is 7.92. The largest absolute Gasteiger partial charge is 0.493 e. The Morgan fingerprint density at radius 1 is 0.826 bits per heavy atom. The molecule has 0 saturated heterocycles. The number of methoxy groups -OCH3 is 3. The van der Waals surface area contributed by atoms with E-state index in [4.69, 9.17) is 14.2 Å². The van der Waals surface area contributed by atoms with Crippen molar-refractivity contribution in [2.24, 2.45) is 0 Å². The van der Waals surface area contributed by atoms with E-state index in [2.05, 4.69) is 36.5 Å². The first kappa shape index (κ1) is 17.2. The van der Waals surface area contributed by atoms with Gasteiger partial charge in [-0.2, -0.15) is 0 Å². The zero-order chi connectivity index (χ0) is 16.7. The minimum atomic E-state index is 0.627. The maximum atomic E-state index is 5.40. The average molecular weight is 316 g/mol. The molecule has 0 atom stereocenters. The van der Waals surface area contributed by atoms with Gasteiger partial charge in [-0.05, 0) is 36.2 Å². The van der Waals surface area contributed by atoms with E-state index in [0.29, 0.717) is 17.2 Å². The van der Waals surface area contributed by atoms with Crippen molar-refractivity contribution in [3.8, 4) is 17.2 Å². The minimum Gasteiger partial charge on any atom is -0.493 e. The third-order valence-corrected chi connectivity index (χ3v) is 3.82. The maximum Gasteiger partial charge on any atom is 0.203 e. The van der Waals surface area contributed by atoms with Crippen molar-refractivity contribution in [2.45, 2.75) is 26.3 Å². The Labute approximate surface area is 138 Å². The first-order valence-corrected chi connectivity index (χ1v) is 7.92. The van der Waals surface area contributed by atoms with Crippen molar-refractivity contribution >= 4 is 5.69 Å². The highest BCUT2D eigenvalue weighted by Crippen LogP contribution is 2.37. The normalized spacial score (nSPS) is 10.4. The van der Waals surface area contributed by atoms with Gasteiger partial charge in [0.25, 0.3) is 0 Å². The second-order valence-corrected chi connectivity index (χ2v) is 5.43. The lowest BCUT2D eigenvalue weighted by molar-refractivity contribution is -0.588. The predicted molar refractivity (Wildman–Crippen MR) is 91.8 cm³/mol. The number of quaternary nitrogens is 1. The molecule has 0 aromatic heterocycles. The number of hydrogen-bond acceptors (Lipinski definition) is 3. The Hall–Kier alpha value is -2.20. The average Bonchev–Trinajstić information content (AvgIpc) is 2.60. The Kier molecular flexibility index (Phi) is 6.29. The quantitative estimate of drug-likeness (QED) is 0.761. The summed E-state index contributed by atoms with van der Waals surface area (Å²) in [6.07, 6.45) is 2.31. The van der Waals surface area contributed by atoms with Crippen LogP contribution in [0.3, 0.4) is 0 Å². The Balaban J connectivity index is 2.10. The number of benzene rings is 2. The molecule has 23 heavy (non-hydrogen) atoms. The standard InChI is InChI=1S/C19H25NO3/c1-5-6-14-7-9-16(10-8-14)20-13-15-11-17(21-2)19(23-4)18(12-15)22-3/h7-12,20H,5-6,13H2,1-4H3/p+1. The molecule has 2 N–H and O–H groups in total. The van der Waals surface area contributed by atoms with Crippen LogP contribution in [0.2, 0.25) is 0 Å². The Morgan fingerprint density at radius 2 is 1.43 bits per heavy atom. The molecule has 0 heterocycles. The molecule has 0 unspecified atom stereocenters. The van der Waals surface area contributed by atoms with E-state index in [1.807, 2.05) is 12.1 Å². The van der Waals surface area contributed by atoms with E-state index in [1.54, 1.807) is 21.3 Å². The molecular weight excluding hydrogens is 290 g/mol. The third kappa shape index (κ3) is 4.39. The molecule has 0 amide bonds. The van der Waals surface area contributed by atoms with Gasteiger partial charge in [-0.1, -0.05) is 25.5 Å². The lowest BCUT2D eigenvalue weighted by atomic mass is 10.1. The molecule has 4 nitrogen and oxygen atoms in total. The molecule has 124 valence electrons. The van der Waals surface area contributed by atoms with Gasteiger partial charge in [0.1, 0.15) is 12.2 Å². The summed E-state index contributed by atoms with van der Waals surface area (Å²) in [6, 6.07) is 12.7. The van der Waals surface area contributed by atoms with Gasteiger partial charge >= 0.3 is 0 Å². The molecule has 0 spiro atoms. The summed E-state index contributed by atoms with van der Waals surface area (Å²) >= 11 is 0. The first-order chi connectivity index (χ1) is 11.2. The van der Waals surface area contributed by atoms with Gasteiger partial charge in [0.15, 0.2) is 11.5 Å². The Bertz CT molecular complexity index is 598. The van der Waals surface area contributed by atoms with Crippen molar-refractivity contribution in [1.82, 2.24) is 0 Å². The fourth-order valence-corrected chi connectivity index (χ4v) is 2.60. The molecule has 2 rings (SSSR count). The van der Waals surface area contributed by atoms with Crippen molar-refractivity contribution < 1.29 is 19.5 Å². The monoisotopic (exact) mass is 316 g/mol. The van der Waals surface area contributed by atoms with Crippen molar-refractivity contribution in [3.05, 3.63) is 47.5 Å². The van der Waals surface area contributed by atoms with Crippen molar-refractivity contribution in [1.29, 1.82) is 0 Å². The van der Waals surface area contributed by atoms with Gasteiger partial charge in [-0.25, -0.2) is 0 Å². The summed E-state index contributed by atoms with van der Waals surface area (Å²) in [7, 11) is 4.89. The number of hydrogen-bond donors (Lipinski definition) is 1. The smallest absolute Gasteiger partial charge is 0.203 e. The van der Waals surface area contributed by atoms with Crippen LogP contribution in [0.15, 0.2) is 36.4 Å². The highest BCUT2D eigenvalue weighted by Gasteiger charge is 2.14. The zero-order valence-electron chi connectivity index (χ0n) is 14.4. The van der Waals surface area contributed by atoms with Gasteiger partial charge in [0, 0.05) is 5.56 Å². The predicted octanol–water partition coefficient (Wildman–Crippen LogP) is 3.06. The van der Waals surface area contributed by atoms with Crippen LogP contribution in [0.5, 0.6) is 17.2 Å². The number of nitrogens with two attached hydrogens (primary N) is 1. The van der Waals surface area contributed by atoms with Crippen LogP contribution < -0.4 is 19.5 Å². The molecule has 0 saturated carbocycles. The minimum absolute atomic E-state index is 0.627. The van der Waals surface area contributed by atoms with E-state index < -0.39 is 0 Å². The molecule has 0 aliphatic rings. The van der Waals surface area contributed by atoms with Gasteiger partial charge < -0.3 is 19.5 Å². The zero-order valence-corrected chi connectivity index (χ0v) is 14.4. The van der Waals surface area contributed by atoms with Crippen LogP contribution in [0, 0.1) is 0 Å². The second kappa shape index (κ2) is 8.44. The summed E-state index contributed by atoms with van der Waals surface area (Å²) in [4.78, 5) is 0. The van der Waals surface area contributed by atoms with Gasteiger partial charge in [0.2, 0.25) is 5.75 Å². The lowest BCUT2D eigenvalue weighted by Crippen LogP contribution is -2.76. The Morgan fingerprint density at radius 3 is 1.91 bits per heavy atom. The van der Waals surface area contributed by atoms with Crippen LogP contribution in [0.1, 0.15) is 24.5 Å². The van der Waals surface area contributed by atoms with Crippen molar-refractivity contribution in [2.75, 3.05) is 21.3 Å². The second-order valence-electron chi connectivity index (χ2n) is 5.43. The van der Waals surface area contributed by atoms with Crippen LogP contribution in [0.25, 0.3) is 0 Å². The molecule has 4 heteroatoms. The number of ether oxygens (including phenoxy) is 3. The molecule has 0 bridgehead atoms. The van der Waals surface area contributed by atoms with Crippen LogP contribution >= 0.6 is 0 Å². The van der Waals surface area contributed by atoms with E-state index in [0.717, 1.165) is 18.5 Å². The molecule has 2 aromatic carbocycles. The molecule has 0 radical (unpaired) electrons. The van der Waals surface area contributed by atoms with Crippen LogP contribution in [-0.2, 0) is 13.0 Å². The third-order valence-electron chi connectivity index (χ3n) is 3.82. The van der Waals surface area contributed by atoms with Crippen LogP contribution in [-0.4, -0.2) is 21.3 Å². The molecule has 0 aliphatic heterocycles. The molecule has 2 aromatic rings. The summed E-state index contributed by atoms with van der Waals surface area (Å²) < 4.78 is 16.1. The van der Waals surface area contributed by atoms with Gasteiger partial charge in [0.05, 0.1) is 21.3 Å². The summed E-state index contributed by atoms with van der Waals surface area (Å²) in [5, 5.41) is 2.20. The van der Waals surface area contributed by atoms with E-state index in [9.17, 15) is 0 Å². The molecule has 0 aliphatic carbocycles. The van der Waals surface area contributed by atoms with E-state index in [-0.39, 0.29) is 0 Å². The van der Waals surface area contributed by atoms with Gasteiger partial charge in [-0.15, -0.1) is 0 Å². The topological polar surface area (TPSA) is 44.3 Å². The summed E-state index contributed by atoms with van der Waals surface area (Å²) in [6.45, 7) is 3.01. The lowest BCUT2D eigenvalue weighted by Gasteiger charge is -2.13.